The molecule has 0 fully saturated rings. The molecule has 2 unspecified atom stereocenters. The molecule has 0 amide bonds. The second kappa shape index (κ2) is 13.6. The molecule has 0 aromatic heterocycles. The standard InChI is InChI=1S/C51H37N3/c1-2-10-34(11-3-1)41-28-29-43-33-44(31-30-42(43)32-41)51-53-49(39-24-20-37(21-25-39)47-18-8-14-35-12-4-6-16-45(35)47)52-50(54-51)40-26-22-38(23-27-40)48-19-9-15-36-13-5-7-17-46(36)48/h1-33,49,51,53H,(H,52,54). The average molecular weight is 692 g/mol. The quantitative estimate of drug-likeness (QED) is 0.182. The van der Waals surface area contributed by atoms with Crippen molar-refractivity contribution in [1.29, 1.82) is 0 Å². The largest absolute Gasteiger partial charge is 0.350 e. The van der Waals surface area contributed by atoms with Gasteiger partial charge in [0.1, 0.15) is 18.2 Å². The van der Waals surface area contributed by atoms with Crippen LogP contribution in [0.5, 0.6) is 0 Å². The van der Waals surface area contributed by atoms with Gasteiger partial charge in [0.2, 0.25) is 0 Å². The van der Waals surface area contributed by atoms with Gasteiger partial charge in [0.25, 0.3) is 0 Å². The summed E-state index contributed by atoms with van der Waals surface area (Å²) in [6, 6.07) is 71.9. The van der Waals surface area contributed by atoms with Gasteiger partial charge < -0.3 is 5.32 Å². The first-order valence-corrected chi connectivity index (χ1v) is 18.6. The Morgan fingerprint density at radius 3 is 1.56 bits per heavy atom. The Morgan fingerprint density at radius 1 is 0.352 bits per heavy atom. The second-order valence-electron chi connectivity index (χ2n) is 14.1. The van der Waals surface area contributed by atoms with Crippen LogP contribution in [0.1, 0.15) is 29.0 Å². The summed E-state index contributed by atoms with van der Waals surface area (Å²) in [7, 11) is 0. The highest BCUT2D eigenvalue weighted by atomic mass is 15.3. The minimum Gasteiger partial charge on any atom is -0.350 e. The van der Waals surface area contributed by atoms with Crippen LogP contribution in [0.2, 0.25) is 0 Å². The minimum atomic E-state index is -0.248. The van der Waals surface area contributed by atoms with Gasteiger partial charge in [-0.15, -0.1) is 0 Å². The molecular formula is C51H37N3. The van der Waals surface area contributed by atoms with Crippen LogP contribution in [0.4, 0.5) is 0 Å². The van der Waals surface area contributed by atoms with Crippen molar-refractivity contribution in [1.82, 2.24) is 10.6 Å². The molecule has 0 aliphatic carbocycles. The van der Waals surface area contributed by atoms with Crippen molar-refractivity contribution in [2.45, 2.75) is 12.3 Å². The van der Waals surface area contributed by atoms with E-state index in [0.29, 0.717) is 0 Å². The molecule has 9 aromatic carbocycles. The van der Waals surface area contributed by atoms with E-state index in [-0.39, 0.29) is 12.3 Å². The van der Waals surface area contributed by atoms with Crippen LogP contribution >= 0.6 is 0 Å². The molecule has 3 heteroatoms. The fourth-order valence-electron chi connectivity index (χ4n) is 7.91. The summed E-state index contributed by atoms with van der Waals surface area (Å²) in [6.07, 6.45) is -0.405. The first kappa shape index (κ1) is 31.9. The summed E-state index contributed by atoms with van der Waals surface area (Å²) in [5.74, 6) is 0.867. The third kappa shape index (κ3) is 6.01. The summed E-state index contributed by atoms with van der Waals surface area (Å²) in [4.78, 5) is 5.30. The van der Waals surface area contributed by atoms with E-state index in [2.05, 4.69) is 211 Å². The molecule has 0 bridgehead atoms. The third-order valence-electron chi connectivity index (χ3n) is 10.8. The number of benzene rings is 9. The summed E-state index contributed by atoms with van der Waals surface area (Å²) < 4.78 is 0. The number of aliphatic imine (C=N–C) groups is 1. The van der Waals surface area contributed by atoms with Crippen molar-refractivity contribution < 1.29 is 0 Å². The van der Waals surface area contributed by atoms with Gasteiger partial charge in [0.05, 0.1) is 0 Å². The molecule has 0 saturated heterocycles. The van der Waals surface area contributed by atoms with E-state index >= 15 is 0 Å². The lowest BCUT2D eigenvalue weighted by molar-refractivity contribution is 0.409. The normalized spacial score (nSPS) is 15.6. The van der Waals surface area contributed by atoms with Crippen molar-refractivity contribution in [3.05, 3.63) is 217 Å². The number of fused-ring (bicyclic) bond motifs is 3. The maximum atomic E-state index is 5.30. The molecule has 1 aliphatic heterocycles. The van der Waals surface area contributed by atoms with Gasteiger partial charge in [0, 0.05) is 5.56 Å². The van der Waals surface area contributed by atoms with Crippen molar-refractivity contribution in [2.75, 3.05) is 0 Å². The number of rotatable bonds is 6. The smallest absolute Gasteiger partial charge is 0.131 e. The SMILES string of the molecule is c1ccc(-c2ccc3cc(C4NC(c5ccc(-c6cccc7ccccc67)cc5)=NC(c5ccc(-c6cccc7ccccc67)cc5)N4)ccc3c2)cc1. The van der Waals surface area contributed by atoms with E-state index in [0.717, 1.165) is 22.5 Å². The fourth-order valence-corrected chi connectivity index (χ4v) is 7.91. The topological polar surface area (TPSA) is 36.4 Å². The van der Waals surface area contributed by atoms with Crippen molar-refractivity contribution in [3.63, 3.8) is 0 Å². The highest BCUT2D eigenvalue weighted by molar-refractivity contribution is 6.01. The average Bonchev–Trinajstić information content (AvgIpc) is 3.26. The molecule has 10 rings (SSSR count). The molecule has 1 heterocycles. The van der Waals surface area contributed by atoms with Crippen LogP contribution in [0.15, 0.2) is 205 Å². The van der Waals surface area contributed by atoms with Crippen LogP contribution in [-0.4, -0.2) is 5.84 Å². The molecule has 9 aromatic rings. The Hall–Kier alpha value is -6.81. The predicted molar refractivity (Wildman–Crippen MR) is 226 cm³/mol. The zero-order valence-corrected chi connectivity index (χ0v) is 29.7. The first-order valence-electron chi connectivity index (χ1n) is 18.6. The second-order valence-corrected chi connectivity index (χ2v) is 14.1. The molecule has 1 aliphatic rings. The molecule has 2 atom stereocenters. The van der Waals surface area contributed by atoms with Crippen molar-refractivity contribution in [2.24, 2.45) is 4.99 Å². The van der Waals surface area contributed by atoms with Gasteiger partial charge in [-0.1, -0.05) is 188 Å². The first-order chi connectivity index (χ1) is 26.7. The Labute approximate surface area is 315 Å². The molecule has 0 radical (unpaired) electrons. The van der Waals surface area contributed by atoms with E-state index in [1.54, 1.807) is 0 Å². The maximum Gasteiger partial charge on any atom is 0.131 e. The van der Waals surface area contributed by atoms with Crippen LogP contribution in [0, 0.1) is 0 Å². The summed E-state index contributed by atoms with van der Waals surface area (Å²) in [5.41, 5.74) is 10.6. The highest BCUT2D eigenvalue weighted by Crippen LogP contribution is 2.34. The highest BCUT2D eigenvalue weighted by Gasteiger charge is 2.26. The number of nitrogens with zero attached hydrogens (tertiary/aromatic N) is 1. The molecule has 0 spiro atoms. The van der Waals surface area contributed by atoms with Gasteiger partial charge in [-0.3, -0.25) is 5.32 Å². The molecule has 256 valence electrons. The van der Waals surface area contributed by atoms with Gasteiger partial charge in [-0.05, 0) is 89.0 Å². The lowest BCUT2D eigenvalue weighted by atomic mass is 9.96. The fraction of sp³-hybridized carbons (Fsp3) is 0.0392. The third-order valence-corrected chi connectivity index (χ3v) is 10.8. The molecule has 2 N–H and O–H groups in total. The lowest BCUT2D eigenvalue weighted by Gasteiger charge is -2.32. The Kier molecular flexibility index (Phi) is 8.05. The van der Waals surface area contributed by atoms with Crippen molar-refractivity contribution in [3.8, 4) is 33.4 Å². The van der Waals surface area contributed by atoms with E-state index in [9.17, 15) is 0 Å². The monoisotopic (exact) mass is 691 g/mol. The van der Waals surface area contributed by atoms with E-state index < -0.39 is 0 Å². The summed E-state index contributed by atoms with van der Waals surface area (Å²) >= 11 is 0. The van der Waals surface area contributed by atoms with Gasteiger partial charge in [-0.2, -0.15) is 0 Å². The van der Waals surface area contributed by atoms with Crippen LogP contribution in [0.3, 0.4) is 0 Å². The predicted octanol–water partition coefficient (Wildman–Crippen LogP) is 12.5. The number of hydrogen-bond donors (Lipinski definition) is 2. The minimum absolute atomic E-state index is 0.156. The van der Waals surface area contributed by atoms with Crippen LogP contribution < -0.4 is 10.6 Å². The summed E-state index contributed by atoms with van der Waals surface area (Å²) in [5, 5.41) is 15.0. The van der Waals surface area contributed by atoms with Gasteiger partial charge in [0.15, 0.2) is 0 Å². The number of amidine groups is 1. The van der Waals surface area contributed by atoms with Gasteiger partial charge in [-0.25, -0.2) is 4.99 Å². The molecule has 3 nitrogen and oxygen atoms in total. The van der Waals surface area contributed by atoms with Crippen LogP contribution in [0.25, 0.3) is 65.7 Å². The zero-order chi connectivity index (χ0) is 35.8. The Balaban J connectivity index is 1.01. The lowest BCUT2D eigenvalue weighted by Crippen LogP contribution is -2.44. The molecule has 54 heavy (non-hydrogen) atoms. The van der Waals surface area contributed by atoms with Crippen LogP contribution in [-0.2, 0) is 0 Å². The number of nitrogens with one attached hydrogen (secondary N) is 2. The van der Waals surface area contributed by atoms with E-state index in [1.165, 1.54) is 65.7 Å². The van der Waals surface area contributed by atoms with Gasteiger partial charge >= 0.3 is 0 Å². The summed E-state index contributed by atoms with van der Waals surface area (Å²) in [6.45, 7) is 0. The van der Waals surface area contributed by atoms with Crippen molar-refractivity contribution >= 4 is 38.2 Å². The number of hydrogen-bond acceptors (Lipinski definition) is 3. The Bertz CT molecular complexity index is 2810. The molecule has 0 saturated carbocycles. The Morgan fingerprint density at radius 2 is 0.870 bits per heavy atom. The molecular weight excluding hydrogens is 655 g/mol. The van der Waals surface area contributed by atoms with E-state index in [1.807, 2.05) is 0 Å². The van der Waals surface area contributed by atoms with E-state index in [4.69, 9.17) is 4.99 Å². The zero-order valence-electron chi connectivity index (χ0n) is 29.7. The maximum absolute atomic E-state index is 5.30.